The van der Waals surface area contributed by atoms with E-state index in [0.717, 1.165) is 0 Å². The van der Waals surface area contributed by atoms with Gasteiger partial charge in [0.2, 0.25) is 11.8 Å². The van der Waals surface area contributed by atoms with Gasteiger partial charge in [0.1, 0.15) is 6.04 Å². The van der Waals surface area contributed by atoms with Crippen LogP contribution in [0.5, 0.6) is 0 Å². The predicted octanol–water partition coefficient (Wildman–Crippen LogP) is 1.88. The first-order valence-electron chi connectivity index (χ1n) is 7.07. The molecule has 0 aliphatic carbocycles. The van der Waals surface area contributed by atoms with Crippen molar-refractivity contribution in [3.63, 3.8) is 0 Å². The lowest BCUT2D eigenvalue weighted by Gasteiger charge is -2.13. The average Bonchev–Trinajstić information content (AvgIpc) is 2.37. The number of aryl methyl sites for hydroxylation is 3. The molecule has 0 aromatic heterocycles. The van der Waals surface area contributed by atoms with Crippen LogP contribution in [0, 0.1) is 13.8 Å². The minimum absolute atomic E-state index is 0.0938. The van der Waals surface area contributed by atoms with Gasteiger partial charge in [0.15, 0.2) is 0 Å². The van der Waals surface area contributed by atoms with Gasteiger partial charge in [-0.3, -0.25) is 9.59 Å². The van der Waals surface area contributed by atoms with Gasteiger partial charge >= 0.3 is 0 Å². The van der Waals surface area contributed by atoms with E-state index in [0.29, 0.717) is 19.4 Å². The van der Waals surface area contributed by atoms with Crippen LogP contribution in [0.4, 0.5) is 0 Å². The van der Waals surface area contributed by atoms with E-state index in [1.54, 1.807) is 6.92 Å². The number of carbonyl (C=O) groups is 2. The molecule has 1 atom stereocenters. The molecule has 0 fully saturated rings. The average molecular weight is 276 g/mol. The van der Waals surface area contributed by atoms with Gasteiger partial charge in [-0.1, -0.05) is 23.8 Å². The fourth-order valence-corrected chi connectivity index (χ4v) is 2.08. The van der Waals surface area contributed by atoms with Gasteiger partial charge in [0, 0.05) is 13.0 Å². The van der Waals surface area contributed by atoms with Gasteiger partial charge in [0.25, 0.3) is 0 Å². The van der Waals surface area contributed by atoms with E-state index in [4.69, 9.17) is 0 Å². The summed E-state index contributed by atoms with van der Waals surface area (Å²) in [7, 11) is 0. The lowest BCUT2D eigenvalue weighted by molar-refractivity contribution is -0.128. The van der Waals surface area contributed by atoms with Crippen LogP contribution < -0.4 is 10.6 Å². The highest BCUT2D eigenvalue weighted by Gasteiger charge is 2.14. The van der Waals surface area contributed by atoms with Crippen molar-refractivity contribution < 1.29 is 9.59 Å². The van der Waals surface area contributed by atoms with Crippen LogP contribution in [0.2, 0.25) is 0 Å². The maximum Gasteiger partial charge on any atom is 0.242 e. The molecule has 2 amide bonds. The maximum atomic E-state index is 11.8. The molecule has 0 radical (unpaired) electrons. The topological polar surface area (TPSA) is 58.2 Å². The van der Waals surface area contributed by atoms with Crippen molar-refractivity contribution in [1.82, 2.24) is 10.6 Å². The minimum Gasteiger partial charge on any atom is -0.355 e. The molecule has 4 nitrogen and oxygen atoms in total. The van der Waals surface area contributed by atoms with Gasteiger partial charge in [-0.05, 0) is 45.2 Å². The zero-order chi connectivity index (χ0) is 15.1. The zero-order valence-corrected chi connectivity index (χ0v) is 12.7. The molecule has 1 rings (SSSR count). The van der Waals surface area contributed by atoms with Gasteiger partial charge < -0.3 is 10.6 Å². The van der Waals surface area contributed by atoms with E-state index in [9.17, 15) is 9.59 Å². The normalized spacial score (nSPS) is 11.8. The van der Waals surface area contributed by atoms with E-state index in [1.807, 2.05) is 6.92 Å². The molecule has 1 aromatic rings. The molecule has 1 unspecified atom stereocenters. The first-order valence-corrected chi connectivity index (χ1v) is 7.07. The Kier molecular flexibility index (Phi) is 6.22. The third-order valence-electron chi connectivity index (χ3n) is 3.24. The fraction of sp³-hybridized carbons (Fsp3) is 0.500. The number of hydrogen-bond donors (Lipinski definition) is 2. The first-order chi connectivity index (χ1) is 9.43. The summed E-state index contributed by atoms with van der Waals surface area (Å²) in [5.74, 6) is -0.240. The van der Waals surface area contributed by atoms with E-state index in [-0.39, 0.29) is 11.8 Å². The second-order valence-corrected chi connectivity index (χ2v) is 5.11. The van der Waals surface area contributed by atoms with E-state index < -0.39 is 6.04 Å². The zero-order valence-electron chi connectivity index (χ0n) is 12.7. The molecule has 110 valence electrons. The van der Waals surface area contributed by atoms with Crippen molar-refractivity contribution in [2.45, 2.75) is 46.6 Å². The maximum absolute atomic E-state index is 11.8. The van der Waals surface area contributed by atoms with Crippen molar-refractivity contribution in [2.24, 2.45) is 0 Å². The molecule has 0 bridgehead atoms. The van der Waals surface area contributed by atoms with Crippen molar-refractivity contribution in [3.8, 4) is 0 Å². The summed E-state index contributed by atoms with van der Waals surface area (Å²) in [5.41, 5.74) is 3.60. The van der Waals surface area contributed by atoms with Crippen LogP contribution in [0.1, 0.15) is 37.0 Å². The van der Waals surface area contributed by atoms with Crippen LogP contribution in [0.3, 0.4) is 0 Å². The molecule has 1 aromatic carbocycles. The molecular weight excluding hydrogens is 252 g/mol. The molecule has 0 aliphatic heterocycles. The Morgan fingerprint density at radius 1 is 1.25 bits per heavy atom. The van der Waals surface area contributed by atoms with Gasteiger partial charge in [-0.15, -0.1) is 0 Å². The second kappa shape index (κ2) is 7.68. The van der Waals surface area contributed by atoms with Crippen LogP contribution in [0.25, 0.3) is 0 Å². The summed E-state index contributed by atoms with van der Waals surface area (Å²) in [5, 5.41) is 5.40. The Morgan fingerprint density at radius 3 is 2.55 bits per heavy atom. The van der Waals surface area contributed by atoms with E-state index >= 15 is 0 Å². The monoisotopic (exact) mass is 276 g/mol. The number of carbonyl (C=O) groups excluding carboxylic acids is 2. The molecule has 4 heteroatoms. The van der Waals surface area contributed by atoms with Crippen molar-refractivity contribution in [3.05, 3.63) is 34.9 Å². The Balaban J connectivity index is 2.45. The third kappa shape index (κ3) is 5.03. The van der Waals surface area contributed by atoms with Crippen LogP contribution >= 0.6 is 0 Å². The lowest BCUT2D eigenvalue weighted by Crippen LogP contribution is -2.44. The lowest BCUT2D eigenvalue weighted by atomic mass is 10.0. The molecule has 0 saturated heterocycles. The smallest absolute Gasteiger partial charge is 0.242 e. The number of hydrogen-bond acceptors (Lipinski definition) is 2. The minimum atomic E-state index is -0.485. The summed E-state index contributed by atoms with van der Waals surface area (Å²) in [4.78, 5) is 23.3. The highest BCUT2D eigenvalue weighted by Crippen LogP contribution is 2.12. The standard InChI is InChI=1S/C16H24N2O2/c1-5-17-16(20)13(4)18-15(19)9-8-14-7-6-11(2)10-12(14)3/h6-7,10,13H,5,8-9H2,1-4H3,(H,17,20)(H,18,19). The Bertz CT molecular complexity index is 483. The largest absolute Gasteiger partial charge is 0.355 e. The summed E-state index contributed by atoms with van der Waals surface area (Å²) >= 11 is 0. The molecular formula is C16H24N2O2. The highest BCUT2D eigenvalue weighted by molar-refractivity contribution is 5.87. The molecule has 0 spiro atoms. The summed E-state index contributed by atoms with van der Waals surface area (Å²) in [6.07, 6.45) is 1.09. The molecule has 0 aliphatic rings. The van der Waals surface area contributed by atoms with E-state index in [1.165, 1.54) is 16.7 Å². The number of likely N-dealkylation sites (N-methyl/N-ethyl adjacent to an activating group) is 1. The van der Waals surface area contributed by atoms with Gasteiger partial charge in [-0.2, -0.15) is 0 Å². The number of nitrogens with one attached hydrogen (secondary N) is 2. The molecule has 0 saturated carbocycles. The second-order valence-electron chi connectivity index (χ2n) is 5.11. The highest BCUT2D eigenvalue weighted by atomic mass is 16.2. The Morgan fingerprint density at radius 2 is 1.95 bits per heavy atom. The third-order valence-corrected chi connectivity index (χ3v) is 3.24. The summed E-state index contributed by atoms with van der Waals surface area (Å²) in [6, 6.07) is 5.74. The van der Waals surface area contributed by atoms with Crippen molar-refractivity contribution in [2.75, 3.05) is 6.54 Å². The van der Waals surface area contributed by atoms with Gasteiger partial charge in [0.05, 0.1) is 0 Å². The van der Waals surface area contributed by atoms with Gasteiger partial charge in [-0.25, -0.2) is 0 Å². The summed E-state index contributed by atoms with van der Waals surface area (Å²) < 4.78 is 0. The number of benzene rings is 1. The summed E-state index contributed by atoms with van der Waals surface area (Å²) in [6.45, 7) is 8.23. The fourth-order valence-electron chi connectivity index (χ4n) is 2.08. The Hall–Kier alpha value is -1.84. The number of rotatable bonds is 6. The number of amides is 2. The quantitative estimate of drug-likeness (QED) is 0.833. The molecule has 2 N–H and O–H groups in total. The first kappa shape index (κ1) is 16.2. The van der Waals surface area contributed by atoms with Crippen LogP contribution in [0.15, 0.2) is 18.2 Å². The van der Waals surface area contributed by atoms with Crippen molar-refractivity contribution >= 4 is 11.8 Å². The Labute approximate surface area is 121 Å². The molecule has 20 heavy (non-hydrogen) atoms. The van der Waals surface area contributed by atoms with Crippen LogP contribution in [-0.4, -0.2) is 24.4 Å². The van der Waals surface area contributed by atoms with Crippen molar-refractivity contribution in [1.29, 1.82) is 0 Å². The van der Waals surface area contributed by atoms with E-state index in [2.05, 4.69) is 42.7 Å². The predicted molar refractivity (Wildman–Crippen MR) is 80.5 cm³/mol. The SMILES string of the molecule is CCNC(=O)C(C)NC(=O)CCc1ccc(C)cc1C. The molecule has 0 heterocycles. The van der Waals surface area contributed by atoms with Crippen LogP contribution in [-0.2, 0) is 16.0 Å².